The molecule has 0 amide bonds. The van der Waals surface area contributed by atoms with Crippen molar-refractivity contribution in [3.8, 4) is 0 Å². The van der Waals surface area contributed by atoms with Gasteiger partial charge in [0.25, 0.3) is 0 Å². The fourth-order valence-corrected chi connectivity index (χ4v) is 4.12. The van der Waals surface area contributed by atoms with Crippen LogP contribution in [-0.4, -0.2) is 22.6 Å². The van der Waals surface area contributed by atoms with Gasteiger partial charge < -0.3 is 9.88 Å². The molecule has 1 unspecified atom stereocenters. The molecule has 21 heavy (non-hydrogen) atoms. The highest BCUT2D eigenvalue weighted by Gasteiger charge is 2.25. The third kappa shape index (κ3) is 2.59. The SMILES string of the molecule is c1ccc2c(c1)nc(C1CCCC1)n2CC1CCCNC1. The third-order valence-electron chi connectivity index (χ3n) is 5.24. The Bertz CT molecular complexity index is 604. The highest BCUT2D eigenvalue weighted by molar-refractivity contribution is 5.76. The first-order valence-electron chi connectivity index (χ1n) is 8.58. The average Bonchev–Trinajstić information content (AvgIpc) is 3.16. The first-order valence-corrected chi connectivity index (χ1v) is 8.58. The maximum absolute atomic E-state index is 5.00. The zero-order chi connectivity index (χ0) is 14.1. The van der Waals surface area contributed by atoms with Crippen molar-refractivity contribution in [1.82, 2.24) is 14.9 Å². The molecule has 0 bridgehead atoms. The van der Waals surface area contributed by atoms with Crippen LogP contribution in [0, 0.1) is 5.92 Å². The summed E-state index contributed by atoms with van der Waals surface area (Å²) in [7, 11) is 0. The Morgan fingerprint density at radius 2 is 1.95 bits per heavy atom. The van der Waals surface area contributed by atoms with Gasteiger partial charge >= 0.3 is 0 Å². The summed E-state index contributed by atoms with van der Waals surface area (Å²) in [4.78, 5) is 5.00. The van der Waals surface area contributed by atoms with Gasteiger partial charge in [-0.15, -0.1) is 0 Å². The van der Waals surface area contributed by atoms with Gasteiger partial charge in [0.05, 0.1) is 11.0 Å². The molecule has 2 aromatic rings. The van der Waals surface area contributed by atoms with Crippen LogP contribution in [0.5, 0.6) is 0 Å². The van der Waals surface area contributed by atoms with Gasteiger partial charge in [-0.05, 0) is 56.8 Å². The van der Waals surface area contributed by atoms with Crippen molar-refractivity contribution in [2.24, 2.45) is 5.92 Å². The summed E-state index contributed by atoms with van der Waals surface area (Å²) in [5.74, 6) is 2.81. The lowest BCUT2D eigenvalue weighted by Gasteiger charge is -2.25. The number of aromatic nitrogens is 2. The molecule has 1 atom stereocenters. The number of imidazole rings is 1. The first-order chi connectivity index (χ1) is 10.4. The molecular weight excluding hydrogens is 258 g/mol. The van der Waals surface area contributed by atoms with E-state index in [9.17, 15) is 0 Å². The van der Waals surface area contributed by atoms with E-state index in [-0.39, 0.29) is 0 Å². The van der Waals surface area contributed by atoms with Crippen molar-refractivity contribution in [3.05, 3.63) is 30.1 Å². The van der Waals surface area contributed by atoms with Crippen molar-refractivity contribution >= 4 is 11.0 Å². The molecule has 1 saturated carbocycles. The smallest absolute Gasteiger partial charge is 0.112 e. The van der Waals surface area contributed by atoms with Gasteiger partial charge in [0.1, 0.15) is 5.82 Å². The van der Waals surface area contributed by atoms with Crippen molar-refractivity contribution in [3.63, 3.8) is 0 Å². The van der Waals surface area contributed by atoms with E-state index >= 15 is 0 Å². The topological polar surface area (TPSA) is 29.9 Å². The lowest BCUT2D eigenvalue weighted by Crippen LogP contribution is -2.32. The lowest BCUT2D eigenvalue weighted by molar-refractivity contribution is 0.334. The van der Waals surface area contributed by atoms with E-state index in [2.05, 4.69) is 34.1 Å². The predicted molar refractivity (Wildman–Crippen MR) is 86.5 cm³/mol. The Balaban J connectivity index is 1.70. The van der Waals surface area contributed by atoms with Crippen LogP contribution in [0.4, 0.5) is 0 Å². The summed E-state index contributed by atoms with van der Waals surface area (Å²) in [5.41, 5.74) is 2.52. The van der Waals surface area contributed by atoms with E-state index in [1.54, 1.807) is 0 Å². The number of hydrogen-bond donors (Lipinski definition) is 1. The molecule has 1 aliphatic carbocycles. The highest BCUT2D eigenvalue weighted by atomic mass is 15.1. The van der Waals surface area contributed by atoms with Gasteiger partial charge in [0, 0.05) is 12.5 Å². The molecule has 1 aromatic carbocycles. The van der Waals surface area contributed by atoms with Crippen molar-refractivity contribution in [2.75, 3.05) is 13.1 Å². The molecule has 0 radical (unpaired) electrons. The highest BCUT2D eigenvalue weighted by Crippen LogP contribution is 2.35. The number of rotatable bonds is 3. The quantitative estimate of drug-likeness (QED) is 0.931. The maximum Gasteiger partial charge on any atom is 0.112 e. The molecule has 3 heteroatoms. The summed E-state index contributed by atoms with van der Waals surface area (Å²) in [6, 6.07) is 8.68. The molecule has 2 aliphatic rings. The van der Waals surface area contributed by atoms with E-state index in [0.717, 1.165) is 19.0 Å². The van der Waals surface area contributed by atoms with Gasteiger partial charge in [-0.1, -0.05) is 25.0 Å². The molecule has 4 rings (SSSR count). The Labute approximate surface area is 126 Å². The Morgan fingerprint density at radius 1 is 1.10 bits per heavy atom. The van der Waals surface area contributed by atoms with E-state index in [0.29, 0.717) is 5.92 Å². The number of piperidine rings is 1. The number of para-hydroxylation sites is 2. The Hall–Kier alpha value is -1.35. The molecule has 1 aromatic heterocycles. The number of hydrogen-bond acceptors (Lipinski definition) is 2. The number of benzene rings is 1. The fourth-order valence-electron chi connectivity index (χ4n) is 4.12. The van der Waals surface area contributed by atoms with E-state index in [1.165, 1.54) is 61.9 Å². The third-order valence-corrected chi connectivity index (χ3v) is 5.24. The van der Waals surface area contributed by atoms with Crippen LogP contribution in [0.1, 0.15) is 50.3 Å². The summed E-state index contributed by atoms with van der Waals surface area (Å²) in [6.07, 6.45) is 8.07. The predicted octanol–water partition coefficient (Wildman–Crippen LogP) is 3.69. The van der Waals surface area contributed by atoms with Gasteiger partial charge in [0.15, 0.2) is 0 Å². The molecule has 3 nitrogen and oxygen atoms in total. The maximum atomic E-state index is 5.00. The van der Waals surface area contributed by atoms with Crippen LogP contribution in [0.25, 0.3) is 11.0 Å². The van der Waals surface area contributed by atoms with Crippen molar-refractivity contribution in [2.45, 2.75) is 51.0 Å². The molecule has 1 aliphatic heterocycles. The largest absolute Gasteiger partial charge is 0.327 e. The van der Waals surface area contributed by atoms with Gasteiger partial charge in [-0.2, -0.15) is 0 Å². The molecule has 1 saturated heterocycles. The minimum atomic E-state index is 0.689. The molecule has 112 valence electrons. The molecule has 2 heterocycles. The van der Waals surface area contributed by atoms with E-state index in [4.69, 9.17) is 4.98 Å². The van der Waals surface area contributed by atoms with Crippen molar-refractivity contribution in [1.29, 1.82) is 0 Å². The number of nitrogens with one attached hydrogen (secondary N) is 1. The Kier molecular flexibility index (Phi) is 3.68. The number of nitrogens with zero attached hydrogens (tertiary/aromatic N) is 2. The fraction of sp³-hybridized carbons (Fsp3) is 0.611. The second kappa shape index (κ2) is 5.80. The van der Waals surface area contributed by atoms with Crippen molar-refractivity contribution < 1.29 is 0 Å². The second-order valence-corrected chi connectivity index (χ2v) is 6.76. The minimum Gasteiger partial charge on any atom is -0.327 e. The zero-order valence-corrected chi connectivity index (χ0v) is 12.7. The summed E-state index contributed by atoms with van der Waals surface area (Å²) in [5, 5.41) is 3.55. The summed E-state index contributed by atoms with van der Waals surface area (Å²) < 4.78 is 2.54. The standard InChI is InChI=1S/C18H25N3/c1-2-8-15(7-1)18-20-16-9-3-4-10-17(16)21(18)13-14-6-5-11-19-12-14/h3-4,9-10,14-15,19H,1-2,5-8,11-13H2. The average molecular weight is 283 g/mol. The zero-order valence-electron chi connectivity index (χ0n) is 12.7. The summed E-state index contributed by atoms with van der Waals surface area (Å²) >= 11 is 0. The molecule has 2 fully saturated rings. The van der Waals surface area contributed by atoms with E-state index in [1.807, 2.05) is 0 Å². The van der Waals surface area contributed by atoms with Crippen LogP contribution in [-0.2, 0) is 6.54 Å². The van der Waals surface area contributed by atoms with Gasteiger partial charge in [-0.3, -0.25) is 0 Å². The van der Waals surface area contributed by atoms with Crippen LogP contribution >= 0.6 is 0 Å². The monoisotopic (exact) mass is 283 g/mol. The second-order valence-electron chi connectivity index (χ2n) is 6.76. The summed E-state index contributed by atoms with van der Waals surface area (Å²) in [6.45, 7) is 3.49. The van der Waals surface area contributed by atoms with Gasteiger partial charge in [-0.25, -0.2) is 4.98 Å². The van der Waals surface area contributed by atoms with E-state index < -0.39 is 0 Å². The minimum absolute atomic E-state index is 0.689. The van der Waals surface area contributed by atoms with Crippen LogP contribution in [0.2, 0.25) is 0 Å². The lowest BCUT2D eigenvalue weighted by atomic mass is 9.99. The normalized spacial score (nSPS) is 23.9. The van der Waals surface area contributed by atoms with Crippen LogP contribution < -0.4 is 5.32 Å². The number of fused-ring (bicyclic) bond motifs is 1. The molecular formula is C18H25N3. The molecule has 0 spiro atoms. The van der Waals surface area contributed by atoms with Crippen LogP contribution in [0.3, 0.4) is 0 Å². The Morgan fingerprint density at radius 3 is 2.76 bits per heavy atom. The van der Waals surface area contributed by atoms with Crippen LogP contribution in [0.15, 0.2) is 24.3 Å². The van der Waals surface area contributed by atoms with Gasteiger partial charge in [0.2, 0.25) is 0 Å². The first kappa shape index (κ1) is 13.3. The molecule has 1 N–H and O–H groups in total.